The van der Waals surface area contributed by atoms with E-state index in [0.29, 0.717) is 25.4 Å². The molecular weight excluding hydrogens is 344 g/mol. The van der Waals surface area contributed by atoms with Crippen molar-refractivity contribution < 1.29 is 14.3 Å². The molecule has 1 fully saturated rings. The molecule has 0 atom stereocenters. The van der Waals surface area contributed by atoms with E-state index >= 15 is 0 Å². The van der Waals surface area contributed by atoms with Gasteiger partial charge in [0.2, 0.25) is 5.91 Å². The fourth-order valence-corrected chi connectivity index (χ4v) is 5.15. The highest BCUT2D eigenvalue weighted by atomic mass is 32.2. The van der Waals surface area contributed by atoms with Gasteiger partial charge in [0.1, 0.15) is 11.5 Å². The van der Waals surface area contributed by atoms with Gasteiger partial charge in [-0.3, -0.25) is 4.79 Å². The summed E-state index contributed by atoms with van der Waals surface area (Å²) >= 11 is 3.67. The third-order valence-corrected chi connectivity index (χ3v) is 6.66. The Bertz CT molecular complexity index is 587. The van der Waals surface area contributed by atoms with Gasteiger partial charge in [-0.2, -0.15) is 5.10 Å². The van der Waals surface area contributed by atoms with E-state index in [0.717, 1.165) is 22.8 Å². The monoisotopic (exact) mass is 368 g/mol. The molecule has 0 radical (unpaired) electrons. The third-order valence-electron chi connectivity index (χ3n) is 3.37. The maximum absolute atomic E-state index is 12.0. The molecule has 132 valence electrons. The Morgan fingerprint density at radius 3 is 2.67 bits per heavy atom. The standard InChI is InChI=1S/C17H24N2O3S2/c1-4-21-14-7-6-13(15(10-14)22-5-2)12-18-19-16(20)11-17(3)23-8-9-24-17/h6-7,10,12H,4-5,8-9,11H2,1-3H3,(H,19,20)/b18-12-. The van der Waals surface area contributed by atoms with Crippen LogP contribution >= 0.6 is 23.5 Å². The predicted octanol–water partition coefficient (Wildman–Crippen LogP) is 3.52. The molecule has 0 unspecified atom stereocenters. The summed E-state index contributed by atoms with van der Waals surface area (Å²) < 4.78 is 11.1. The number of ether oxygens (including phenoxy) is 2. The number of benzene rings is 1. The molecule has 1 N–H and O–H groups in total. The van der Waals surface area contributed by atoms with Gasteiger partial charge < -0.3 is 9.47 Å². The summed E-state index contributed by atoms with van der Waals surface area (Å²) in [5.41, 5.74) is 3.41. The molecule has 5 nitrogen and oxygen atoms in total. The van der Waals surface area contributed by atoms with E-state index < -0.39 is 0 Å². The second kappa shape index (κ2) is 9.22. The summed E-state index contributed by atoms with van der Waals surface area (Å²) in [4.78, 5) is 12.0. The summed E-state index contributed by atoms with van der Waals surface area (Å²) in [5, 5.41) is 4.07. The lowest BCUT2D eigenvalue weighted by atomic mass is 10.2. The Kier molecular flexibility index (Phi) is 7.30. The van der Waals surface area contributed by atoms with E-state index in [9.17, 15) is 4.79 Å². The summed E-state index contributed by atoms with van der Waals surface area (Å²) in [6.45, 7) is 7.12. The molecule has 24 heavy (non-hydrogen) atoms. The number of hydrogen-bond acceptors (Lipinski definition) is 6. The van der Waals surface area contributed by atoms with Crippen LogP contribution < -0.4 is 14.9 Å². The zero-order valence-corrected chi connectivity index (χ0v) is 16.0. The summed E-state index contributed by atoms with van der Waals surface area (Å²) in [7, 11) is 0. The number of rotatable bonds is 8. The van der Waals surface area contributed by atoms with E-state index in [2.05, 4.69) is 17.5 Å². The number of nitrogens with one attached hydrogen (secondary N) is 1. The third kappa shape index (κ3) is 5.63. The molecule has 1 aliphatic heterocycles. The molecule has 1 heterocycles. The van der Waals surface area contributed by atoms with Gasteiger partial charge >= 0.3 is 0 Å². The zero-order chi connectivity index (χ0) is 17.4. The Hall–Kier alpha value is -1.34. The smallest absolute Gasteiger partial charge is 0.242 e. The largest absolute Gasteiger partial charge is 0.494 e. The number of carbonyl (C=O) groups is 1. The van der Waals surface area contributed by atoms with Gasteiger partial charge in [0.05, 0.1) is 29.9 Å². The van der Waals surface area contributed by atoms with Gasteiger partial charge in [-0.1, -0.05) is 0 Å². The van der Waals surface area contributed by atoms with Crippen molar-refractivity contribution in [1.29, 1.82) is 0 Å². The lowest BCUT2D eigenvalue weighted by molar-refractivity contribution is -0.121. The number of nitrogens with zero attached hydrogens (tertiary/aromatic N) is 1. The highest BCUT2D eigenvalue weighted by molar-refractivity contribution is 8.21. The van der Waals surface area contributed by atoms with Crippen molar-refractivity contribution in [3.63, 3.8) is 0 Å². The summed E-state index contributed by atoms with van der Waals surface area (Å²) in [6, 6.07) is 5.57. The van der Waals surface area contributed by atoms with Crippen LogP contribution in [0.25, 0.3) is 0 Å². The van der Waals surface area contributed by atoms with Crippen molar-refractivity contribution in [1.82, 2.24) is 5.43 Å². The molecule has 0 spiro atoms. The first-order valence-electron chi connectivity index (χ1n) is 8.06. The Labute approximate surface area is 151 Å². The van der Waals surface area contributed by atoms with Gasteiger partial charge in [-0.05, 0) is 32.9 Å². The van der Waals surface area contributed by atoms with Gasteiger partial charge in [0.15, 0.2) is 0 Å². The average Bonchev–Trinajstić information content (AvgIpc) is 2.96. The first-order valence-corrected chi connectivity index (χ1v) is 10.0. The molecule has 1 aromatic rings. The van der Waals surface area contributed by atoms with Gasteiger partial charge in [-0.15, -0.1) is 23.5 Å². The van der Waals surface area contributed by atoms with Crippen LogP contribution in [-0.2, 0) is 4.79 Å². The maximum atomic E-state index is 12.0. The average molecular weight is 369 g/mol. The molecule has 7 heteroatoms. The minimum atomic E-state index is -0.0699. The second-order valence-corrected chi connectivity index (χ2v) is 8.82. The van der Waals surface area contributed by atoms with E-state index in [-0.39, 0.29) is 9.99 Å². The number of hydrogen-bond donors (Lipinski definition) is 1. The van der Waals surface area contributed by atoms with Gasteiger partial charge in [-0.25, -0.2) is 5.43 Å². The Balaban J connectivity index is 1.96. The lowest BCUT2D eigenvalue weighted by Gasteiger charge is -2.19. The highest BCUT2D eigenvalue weighted by Gasteiger charge is 2.32. The van der Waals surface area contributed by atoms with Crippen molar-refractivity contribution in [3.8, 4) is 11.5 Å². The lowest BCUT2D eigenvalue weighted by Crippen LogP contribution is -2.26. The van der Waals surface area contributed by atoms with Gasteiger partial charge in [0.25, 0.3) is 0 Å². The molecule has 1 amide bonds. The number of amides is 1. The fraction of sp³-hybridized carbons (Fsp3) is 0.529. The van der Waals surface area contributed by atoms with Crippen molar-refractivity contribution in [2.24, 2.45) is 5.10 Å². The van der Waals surface area contributed by atoms with Crippen LogP contribution in [0.3, 0.4) is 0 Å². The molecule has 0 aromatic heterocycles. The minimum absolute atomic E-state index is 0.0325. The van der Waals surface area contributed by atoms with Crippen LogP contribution in [0.15, 0.2) is 23.3 Å². The van der Waals surface area contributed by atoms with Crippen molar-refractivity contribution in [3.05, 3.63) is 23.8 Å². The Morgan fingerprint density at radius 1 is 1.29 bits per heavy atom. The summed E-state index contributed by atoms with van der Waals surface area (Å²) in [6.07, 6.45) is 2.07. The topological polar surface area (TPSA) is 59.9 Å². The summed E-state index contributed by atoms with van der Waals surface area (Å²) in [5.74, 6) is 3.57. The molecule has 0 aliphatic carbocycles. The number of carbonyl (C=O) groups excluding carboxylic acids is 1. The fourth-order valence-electron chi connectivity index (χ4n) is 2.32. The van der Waals surface area contributed by atoms with Crippen LogP contribution in [0.1, 0.15) is 32.8 Å². The van der Waals surface area contributed by atoms with Crippen LogP contribution in [0.4, 0.5) is 0 Å². The highest BCUT2D eigenvalue weighted by Crippen LogP contribution is 2.45. The molecule has 1 aromatic carbocycles. The van der Waals surface area contributed by atoms with Crippen LogP contribution in [0, 0.1) is 0 Å². The van der Waals surface area contributed by atoms with Crippen molar-refractivity contribution >= 4 is 35.6 Å². The van der Waals surface area contributed by atoms with E-state index in [1.165, 1.54) is 0 Å². The maximum Gasteiger partial charge on any atom is 0.242 e. The Morgan fingerprint density at radius 2 is 2.00 bits per heavy atom. The van der Waals surface area contributed by atoms with E-state index in [4.69, 9.17) is 9.47 Å². The molecule has 1 saturated heterocycles. The molecule has 2 rings (SSSR count). The predicted molar refractivity (Wildman–Crippen MR) is 102 cm³/mol. The zero-order valence-electron chi connectivity index (χ0n) is 14.3. The SMILES string of the molecule is CCOc1ccc(/C=N\NC(=O)CC2(C)SCCS2)c(OCC)c1. The van der Waals surface area contributed by atoms with Crippen LogP contribution in [0.5, 0.6) is 11.5 Å². The van der Waals surface area contributed by atoms with Crippen molar-refractivity contribution in [2.45, 2.75) is 31.3 Å². The van der Waals surface area contributed by atoms with Crippen molar-refractivity contribution in [2.75, 3.05) is 24.7 Å². The van der Waals surface area contributed by atoms with E-state index in [1.807, 2.05) is 55.6 Å². The van der Waals surface area contributed by atoms with E-state index in [1.54, 1.807) is 6.21 Å². The molecular formula is C17H24N2O3S2. The molecule has 0 saturated carbocycles. The molecule has 1 aliphatic rings. The van der Waals surface area contributed by atoms with Crippen LogP contribution in [0.2, 0.25) is 0 Å². The molecule has 0 bridgehead atoms. The first-order chi connectivity index (χ1) is 11.6. The second-order valence-electron chi connectivity index (χ2n) is 5.37. The number of hydrazone groups is 1. The van der Waals surface area contributed by atoms with Crippen LogP contribution in [-0.4, -0.2) is 40.9 Å². The quantitative estimate of drug-likeness (QED) is 0.562. The van der Waals surface area contributed by atoms with Gasteiger partial charge in [0, 0.05) is 23.1 Å². The normalized spacial score (nSPS) is 16.3. The first kappa shape index (κ1) is 19.0. The minimum Gasteiger partial charge on any atom is -0.494 e. The number of thioether (sulfide) groups is 2.